The standard InChI is InChI=1S/C15H16N4O2S/c1-11(12-4-6-13(21-2)7-5-12)18-19-14(20)10-22-15-16-8-3-9-17-15/h3-9H,10H2,1-2H3,(H,19,20)/b18-11+. The molecule has 0 spiro atoms. The van der Waals surface area contributed by atoms with Crippen molar-refractivity contribution in [1.82, 2.24) is 15.4 Å². The summed E-state index contributed by atoms with van der Waals surface area (Å²) in [5.41, 5.74) is 4.16. The first kappa shape index (κ1) is 16.0. The number of methoxy groups -OCH3 is 1. The summed E-state index contributed by atoms with van der Waals surface area (Å²) in [6.07, 6.45) is 3.28. The number of carbonyl (C=O) groups excluding carboxylic acids is 1. The van der Waals surface area contributed by atoms with Gasteiger partial charge in [0.05, 0.1) is 18.6 Å². The molecule has 0 fully saturated rings. The number of benzene rings is 1. The van der Waals surface area contributed by atoms with Gasteiger partial charge in [-0.05, 0) is 42.8 Å². The van der Waals surface area contributed by atoms with E-state index in [4.69, 9.17) is 4.74 Å². The Morgan fingerprint density at radius 2 is 1.95 bits per heavy atom. The molecule has 0 aliphatic heterocycles. The molecular formula is C15H16N4O2S. The van der Waals surface area contributed by atoms with E-state index < -0.39 is 0 Å². The van der Waals surface area contributed by atoms with Crippen molar-refractivity contribution in [1.29, 1.82) is 0 Å². The van der Waals surface area contributed by atoms with Crippen LogP contribution >= 0.6 is 11.8 Å². The van der Waals surface area contributed by atoms with Crippen LogP contribution in [-0.2, 0) is 4.79 Å². The molecular weight excluding hydrogens is 300 g/mol. The summed E-state index contributed by atoms with van der Waals surface area (Å²) in [6, 6.07) is 9.19. The van der Waals surface area contributed by atoms with Gasteiger partial charge in [0.25, 0.3) is 5.91 Å². The highest BCUT2D eigenvalue weighted by atomic mass is 32.2. The average molecular weight is 316 g/mol. The molecule has 6 nitrogen and oxygen atoms in total. The van der Waals surface area contributed by atoms with E-state index in [0.29, 0.717) is 5.16 Å². The zero-order chi connectivity index (χ0) is 15.8. The quantitative estimate of drug-likeness (QED) is 0.382. The number of ether oxygens (including phenoxy) is 1. The molecule has 1 aromatic carbocycles. The van der Waals surface area contributed by atoms with Crippen LogP contribution in [0.5, 0.6) is 5.75 Å². The SMILES string of the molecule is COc1ccc(/C(C)=N/NC(=O)CSc2ncccn2)cc1. The summed E-state index contributed by atoms with van der Waals surface area (Å²) in [4.78, 5) is 19.8. The lowest BCUT2D eigenvalue weighted by Gasteiger charge is -2.04. The van der Waals surface area contributed by atoms with Crippen molar-refractivity contribution in [2.45, 2.75) is 12.1 Å². The molecule has 0 atom stereocenters. The van der Waals surface area contributed by atoms with Gasteiger partial charge in [0.1, 0.15) is 5.75 Å². The number of aromatic nitrogens is 2. The Balaban J connectivity index is 1.85. The van der Waals surface area contributed by atoms with Gasteiger partial charge in [-0.25, -0.2) is 15.4 Å². The highest BCUT2D eigenvalue weighted by Gasteiger charge is 2.04. The third kappa shape index (κ3) is 4.85. The third-order valence-electron chi connectivity index (χ3n) is 2.73. The van der Waals surface area contributed by atoms with Crippen LogP contribution in [0.3, 0.4) is 0 Å². The second-order valence-corrected chi connectivity index (χ2v) is 5.22. The lowest BCUT2D eigenvalue weighted by Crippen LogP contribution is -2.21. The van der Waals surface area contributed by atoms with Gasteiger partial charge in [0.15, 0.2) is 5.16 Å². The van der Waals surface area contributed by atoms with E-state index in [9.17, 15) is 4.79 Å². The van der Waals surface area contributed by atoms with E-state index in [1.807, 2.05) is 31.2 Å². The van der Waals surface area contributed by atoms with Crippen molar-refractivity contribution in [2.24, 2.45) is 5.10 Å². The predicted molar refractivity (Wildman–Crippen MR) is 86.1 cm³/mol. The summed E-state index contributed by atoms with van der Waals surface area (Å²) < 4.78 is 5.10. The molecule has 22 heavy (non-hydrogen) atoms. The van der Waals surface area contributed by atoms with E-state index >= 15 is 0 Å². The molecule has 2 rings (SSSR count). The molecule has 0 saturated heterocycles. The number of carbonyl (C=O) groups is 1. The highest BCUT2D eigenvalue weighted by Crippen LogP contribution is 2.12. The first-order valence-corrected chi connectivity index (χ1v) is 7.55. The lowest BCUT2D eigenvalue weighted by molar-refractivity contribution is -0.118. The van der Waals surface area contributed by atoms with Crippen LogP contribution < -0.4 is 10.2 Å². The number of nitrogens with zero attached hydrogens (tertiary/aromatic N) is 3. The minimum Gasteiger partial charge on any atom is -0.497 e. The van der Waals surface area contributed by atoms with Crippen molar-refractivity contribution in [2.75, 3.05) is 12.9 Å². The maximum absolute atomic E-state index is 11.7. The van der Waals surface area contributed by atoms with Gasteiger partial charge in [-0.2, -0.15) is 5.10 Å². The Bertz CT molecular complexity index is 644. The average Bonchev–Trinajstić information content (AvgIpc) is 2.58. The molecule has 0 radical (unpaired) electrons. The summed E-state index contributed by atoms with van der Waals surface area (Å²) in [6.45, 7) is 1.83. The molecule has 114 valence electrons. The zero-order valence-corrected chi connectivity index (χ0v) is 13.1. The number of nitrogens with one attached hydrogen (secondary N) is 1. The Hall–Kier alpha value is -2.41. The molecule has 0 aliphatic rings. The van der Waals surface area contributed by atoms with Crippen LogP contribution in [0.1, 0.15) is 12.5 Å². The van der Waals surface area contributed by atoms with Crippen molar-refractivity contribution in [3.8, 4) is 5.75 Å². The fourth-order valence-corrected chi connectivity index (χ4v) is 2.16. The summed E-state index contributed by atoms with van der Waals surface area (Å²) in [5, 5.41) is 4.65. The maximum atomic E-state index is 11.7. The Morgan fingerprint density at radius 1 is 1.27 bits per heavy atom. The van der Waals surface area contributed by atoms with Crippen LogP contribution in [0.15, 0.2) is 53.0 Å². The summed E-state index contributed by atoms with van der Waals surface area (Å²) in [5.74, 6) is 0.786. The zero-order valence-electron chi connectivity index (χ0n) is 12.3. The molecule has 7 heteroatoms. The fraction of sp³-hybridized carbons (Fsp3) is 0.200. The van der Waals surface area contributed by atoms with E-state index in [1.165, 1.54) is 11.8 Å². The number of rotatable bonds is 6. The number of thioether (sulfide) groups is 1. The van der Waals surface area contributed by atoms with E-state index in [-0.39, 0.29) is 11.7 Å². The molecule has 0 aliphatic carbocycles. The van der Waals surface area contributed by atoms with Crippen molar-refractivity contribution >= 4 is 23.4 Å². The molecule has 0 saturated carbocycles. The number of hydrogen-bond acceptors (Lipinski definition) is 6. The minimum absolute atomic E-state index is 0.203. The Morgan fingerprint density at radius 3 is 2.59 bits per heavy atom. The first-order valence-electron chi connectivity index (χ1n) is 6.56. The van der Waals surface area contributed by atoms with Crippen LogP contribution in [-0.4, -0.2) is 34.4 Å². The van der Waals surface area contributed by atoms with Gasteiger partial charge in [0.2, 0.25) is 0 Å². The van der Waals surface area contributed by atoms with Crippen molar-refractivity contribution in [3.05, 3.63) is 48.3 Å². The second-order valence-electron chi connectivity index (χ2n) is 4.28. The van der Waals surface area contributed by atoms with E-state index in [0.717, 1.165) is 17.0 Å². The third-order valence-corrected chi connectivity index (χ3v) is 3.61. The van der Waals surface area contributed by atoms with Gasteiger partial charge in [-0.3, -0.25) is 4.79 Å². The maximum Gasteiger partial charge on any atom is 0.250 e. The second kappa shape index (κ2) is 8.14. The van der Waals surface area contributed by atoms with E-state index in [2.05, 4.69) is 20.5 Å². The Kier molecular flexibility index (Phi) is 5.91. The lowest BCUT2D eigenvalue weighted by atomic mass is 10.1. The normalized spacial score (nSPS) is 11.1. The van der Waals surface area contributed by atoms with Gasteiger partial charge in [-0.1, -0.05) is 11.8 Å². The molecule has 2 aromatic rings. The molecule has 0 unspecified atom stereocenters. The topological polar surface area (TPSA) is 76.5 Å². The van der Waals surface area contributed by atoms with E-state index in [1.54, 1.807) is 25.6 Å². The smallest absolute Gasteiger partial charge is 0.250 e. The summed E-state index contributed by atoms with van der Waals surface area (Å²) >= 11 is 1.26. The highest BCUT2D eigenvalue weighted by molar-refractivity contribution is 7.99. The van der Waals surface area contributed by atoms with Crippen molar-refractivity contribution in [3.63, 3.8) is 0 Å². The first-order chi connectivity index (χ1) is 10.7. The van der Waals surface area contributed by atoms with Crippen LogP contribution in [0.4, 0.5) is 0 Å². The molecule has 1 amide bonds. The van der Waals surface area contributed by atoms with Gasteiger partial charge in [-0.15, -0.1) is 0 Å². The monoisotopic (exact) mass is 316 g/mol. The van der Waals surface area contributed by atoms with Crippen molar-refractivity contribution < 1.29 is 9.53 Å². The number of hydrogen-bond donors (Lipinski definition) is 1. The fourth-order valence-electron chi connectivity index (χ4n) is 1.57. The number of amides is 1. The van der Waals surface area contributed by atoms with Crippen LogP contribution in [0.2, 0.25) is 0 Å². The molecule has 1 heterocycles. The summed E-state index contributed by atoms with van der Waals surface area (Å²) in [7, 11) is 1.62. The largest absolute Gasteiger partial charge is 0.497 e. The minimum atomic E-state index is -0.203. The predicted octanol–water partition coefficient (Wildman–Crippen LogP) is 2.12. The van der Waals surface area contributed by atoms with Crippen LogP contribution in [0, 0.1) is 0 Å². The molecule has 1 aromatic heterocycles. The Labute approximate surface area is 133 Å². The molecule has 0 bridgehead atoms. The van der Waals surface area contributed by atoms with Gasteiger partial charge >= 0.3 is 0 Å². The van der Waals surface area contributed by atoms with Gasteiger partial charge in [0, 0.05) is 12.4 Å². The van der Waals surface area contributed by atoms with Gasteiger partial charge < -0.3 is 4.74 Å². The number of hydrazone groups is 1. The molecule has 1 N–H and O–H groups in total. The van der Waals surface area contributed by atoms with Crippen LogP contribution in [0.25, 0.3) is 0 Å².